The lowest BCUT2D eigenvalue weighted by atomic mass is 9.65. The predicted molar refractivity (Wildman–Crippen MR) is 82.5 cm³/mol. The molecule has 0 aromatic heterocycles. The molecule has 0 aliphatic heterocycles. The number of hydrogen-bond donors (Lipinski definition) is 1. The summed E-state index contributed by atoms with van der Waals surface area (Å²) in [7, 11) is 3.45. The summed E-state index contributed by atoms with van der Waals surface area (Å²) < 4.78 is 11.2. The molecule has 0 amide bonds. The van der Waals surface area contributed by atoms with E-state index < -0.39 is 0 Å². The highest BCUT2D eigenvalue weighted by molar-refractivity contribution is 5.48. The summed E-state index contributed by atoms with van der Waals surface area (Å²) >= 11 is 0. The molecule has 2 unspecified atom stereocenters. The first-order valence-electron chi connectivity index (χ1n) is 7.43. The monoisotopic (exact) mass is 277 g/mol. The maximum Gasteiger partial charge on any atom is 0.126 e. The Hall–Kier alpha value is -1.22. The zero-order chi connectivity index (χ0) is 14.8. The van der Waals surface area contributed by atoms with Crippen molar-refractivity contribution in [3.8, 4) is 11.5 Å². The van der Waals surface area contributed by atoms with Crippen LogP contribution in [0, 0.1) is 11.3 Å². The molecule has 0 saturated heterocycles. The first-order chi connectivity index (χ1) is 9.52. The maximum atomic E-state index is 6.02. The van der Waals surface area contributed by atoms with E-state index in [9.17, 15) is 0 Å². The quantitative estimate of drug-likeness (QED) is 0.915. The van der Waals surface area contributed by atoms with Crippen molar-refractivity contribution in [2.75, 3.05) is 20.8 Å². The van der Waals surface area contributed by atoms with Gasteiger partial charge in [0, 0.05) is 5.56 Å². The van der Waals surface area contributed by atoms with E-state index in [0.29, 0.717) is 17.3 Å². The second-order valence-electron chi connectivity index (χ2n) is 6.59. The minimum atomic E-state index is 0.349. The van der Waals surface area contributed by atoms with Crippen LogP contribution in [0.15, 0.2) is 18.2 Å². The van der Waals surface area contributed by atoms with Gasteiger partial charge in [0.2, 0.25) is 0 Å². The molecule has 1 aliphatic carbocycles. The highest BCUT2D eigenvalue weighted by Gasteiger charge is 2.37. The van der Waals surface area contributed by atoms with Gasteiger partial charge in [0.05, 0.1) is 14.2 Å². The molecule has 0 heterocycles. The normalized spacial score (nSPS) is 25.2. The fraction of sp³-hybridized carbons (Fsp3) is 0.647. The molecule has 20 heavy (non-hydrogen) atoms. The lowest BCUT2D eigenvalue weighted by molar-refractivity contribution is 0.161. The highest BCUT2D eigenvalue weighted by Crippen LogP contribution is 2.50. The molecule has 1 fully saturated rings. The summed E-state index contributed by atoms with van der Waals surface area (Å²) in [5, 5.41) is 0. The summed E-state index contributed by atoms with van der Waals surface area (Å²) in [4.78, 5) is 0. The van der Waals surface area contributed by atoms with Crippen LogP contribution in [0.3, 0.4) is 0 Å². The van der Waals surface area contributed by atoms with Crippen LogP contribution in [0.1, 0.15) is 44.6 Å². The van der Waals surface area contributed by atoms with Gasteiger partial charge in [-0.05, 0) is 55.2 Å². The van der Waals surface area contributed by atoms with Crippen molar-refractivity contribution in [3.63, 3.8) is 0 Å². The first-order valence-corrected chi connectivity index (χ1v) is 7.43. The Kier molecular flexibility index (Phi) is 4.59. The van der Waals surface area contributed by atoms with Crippen LogP contribution in [-0.4, -0.2) is 20.8 Å². The fourth-order valence-corrected chi connectivity index (χ4v) is 3.51. The van der Waals surface area contributed by atoms with Gasteiger partial charge in [0.1, 0.15) is 11.5 Å². The molecule has 3 nitrogen and oxygen atoms in total. The third-order valence-corrected chi connectivity index (χ3v) is 4.67. The molecule has 112 valence electrons. The molecule has 1 aromatic carbocycles. The van der Waals surface area contributed by atoms with E-state index in [2.05, 4.69) is 13.8 Å². The molecule has 0 radical (unpaired) electrons. The van der Waals surface area contributed by atoms with Crippen molar-refractivity contribution in [2.24, 2.45) is 17.1 Å². The second-order valence-corrected chi connectivity index (χ2v) is 6.59. The van der Waals surface area contributed by atoms with Crippen LogP contribution >= 0.6 is 0 Å². The Morgan fingerprint density at radius 2 is 1.80 bits per heavy atom. The van der Waals surface area contributed by atoms with Gasteiger partial charge in [-0.1, -0.05) is 19.9 Å². The average Bonchev–Trinajstić information content (AvgIpc) is 2.45. The summed E-state index contributed by atoms with van der Waals surface area (Å²) in [6.07, 6.45) is 3.55. The highest BCUT2D eigenvalue weighted by atomic mass is 16.5. The molecule has 2 N–H and O–H groups in total. The summed E-state index contributed by atoms with van der Waals surface area (Å²) in [5.41, 5.74) is 7.57. The topological polar surface area (TPSA) is 44.5 Å². The lowest BCUT2D eigenvalue weighted by Crippen LogP contribution is -2.33. The van der Waals surface area contributed by atoms with E-state index in [1.807, 2.05) is 18.2 Å². The van der Waals surface area contributed by atoms with Crippen LogP contribution in [0.4, 0.5) is 0 Å². The van der Waals surface area contributed by atoms with Gasteiger partial charge in [-0.25, -0.2) is 0 Å². The first kappa shape index (κ1) is 15.2. The number of methoxy groups -OCH3 is 2. The number of nitrogens with two attached hydrogens (primary N) is 1. The molecular formula is C17H27NO2. The van der Waals surface area contributed by atoms with Gasteiger partial charge < -0.3 is 15.2 Å². The molecule has 2 rings (SSSR count). The van der Waals surface area contributed by atoms with Crippen LogP contribution < -0.4 is 15.2 Å². The molecule has 1 saturated carbocycles. The second kappa shape index (κ2) is 6.04. The maximum absolute atomic E-state index is 6.02. The van der Waals surface area contributed by atoms with Crippen molar-refractivity contribution in [2.45, 2.75) is 39.0 Å². The van der Waals surface area contributed by atoms with Crippen molar-refractivity contribution < 1.29 is 9.47 Å². The molecular weight excluding hydrogens is 250 g/mol. The van der Waals surface area contributed by atoms with E-state index in [0.717, 1.165) is 24.5 Å². The van der Waals surface area contributed by atoms with Crippen LogP contribution in [0.5, 0.6) is 11.5 Å². The largest absolute Gasteiger partial charge is 0.496 e. The Morgan fingerprint density at radius 1 is 1.20 bits per heavy atom. The average molecular weight is 277 g/mol. The summed E-state index contributed by atoms with van der Waals surface area (Å²) in [6.45, 7) is 5.41. The standard InChI is InChI=1S/C17H27NO2/c1-17(2)9-8-12(11-18)13(10-17)16-14(19-3)6-5-7-15(16)20-4/h5-7,12-13H,8-11,18H2,1-4H3. The minimum Gasteiger partial charge on any atom is -0.496 e. The van der Waals surface area contributed by atoms with Gasteiger partial charge in [0.25, 0.3) is 0 Å². The third kappa shape index (κ3) is 2.93. The van der Waals surface area contributed by atoms with E-state index in [1.54, 1.807) is 14.2 Å². The van der Waals surface area contributed by atoms with Gasteiger partial charge in [0.15, 0.2) is 0 Å². The zero-order valence-corrected chi connectivity index (χ0v) is 13.1. The summed E-state index contributed by atoms with van der Waals surface area (Å²) in [6, 6.07) is 6.02. The van der Waals surface area contributed by atoms with Crippen LogP contribution in [0.25, 0.3) is 0 Å². The van der Waals surface area contributed by atoms with Crippen molar-refractivity contribution in [1.82, 2.24) is 0 Å². The van der Waals surface area contributed by atoms with Gasteiger partial charge >= 0.3 is 0 Å². The lowest BCUT2D eigenvalue weighted by Gasteiger charge is -2.41. The predicted octanol–water partition coefficient (Wildman–Crippen LogP) is 3.57. The number of hydrogen-bond acceptors (Lipinski definition) is 3. The van der Waals surface area contributed by atoms with Gasteiger partial charge in [-0.3, -0.25) is 0 Å². The molecule has 0 bridgehead atoms. The number of benzene rings is 1. The van der Waals surface area contributed by atoms with Crippen molar-refractivity contribution in [1.29, 1.82) is 0 Å². The molecule has 1 aromatic rings. The third-order valence-electron chi connectivity index (χ3n) is 4.67. The smallest absolute Gasteiger partial charge is 0.126 e. The zero-order valence-electron chi connectivity index (χ0n) is 13.1. The minimum absolute atomic E-state index is 0.349. The van der Waals surface area contributed by atoms with Crippen LogP contribution in [0.2, 0.25) is 0 Å². The Morgan fingerprint density at radius 3 is 2.30 bits per heavy atom. The Balaban J connectivity index is 2.45. The van der Waals surface area contributed by atoms with E-state index in [1.165, 1.54) is 18.4 Å². The van der Waals surface area contributed by atoms with Gasteiger partial charge in [-0.15, -0.1) is 0 Å². The Bertz CT molecular complexity index is 434. The van der Waals surface area contributed by atoms with Crippen molar-refractivity contribution >= 4 is 0 Å². The molecule has 3 heteroatoms. The molecule has 0 spiro atoms. The van der Waals surface area contributed by atoms with E-state index in [-0.39, 0.29) is 0 Å². The number of ether oxygens (including phenoxy) is 2. The molecule has 2 atom stereocenters. The van der Waals surface area contributed by atoms with Crippen LogP contribution in [-0.2, 0) is 0 Å². The van der Waals surface area contributed by atoms with Crippen molar-refractivity contribution in [3.05, 3.63) is 23.8 Å². The Labute approximate surface area is 122 Å². The van der Waals surface area contributed by atoms with E-state index >= 15 is 0 Å². The number of rotatable bonds is 4. The fourth-order valence-electron chi connectivity index (χ4n) is 3.51. The summed E-state index contributed by atoms with van der Waals surface area (Å²) in [5.74, 6) is 2.76. The van der Waals surface area contributed by atoms with E-state index in [4.69, 9.17) is 15.2 Å². The molecule has 1 aliphatic rings. The van der Waals surface area contributed by atoms with Gasteiger partial charge in [-0.2, -0.15) is 0 Å². The SMILES string of the molecule is COc1cccc(OC)c1C1CC(C)(C)CCC1CN.